The quantitative estimate of drug-likeness (QED) is 0.283. The van der Waals surface area contributed by atoms with Crippen molar-refractivity contribution in [1.29, 1.82) is 0 Å². The van der Waals surface area contributed by atoms with Gasteiger partial charge in [-0.25, -0.2) is 5.43 Å². The van der Waals surface area contributed by atoms with Gasteiger partial charge in [-0.1, -0.05) is 42.5 Å². The first-order valence-electron chi connectivity index (χ1n) is 10.9. The summed E-state index contributed by atoms with van der Waals surface area (Å²) in [6, 6.07) is 19.5. The van der Waals surface area contributed by atoms with Crippen LogP contribution < -0.4 is 16.1 Å². The topological polar surface area (TPSA) is 119 Å². The third-order valence-corrected chi connectivity index (χ3v) is 5.91. The fourth-order valence-corrected chi connectivity index (χ4v) is 4.21. The summed E-state index contributed by atoms with van der Waals surface area (Å²) in [5, 5.41) is 20.3. The first kappa shape index (κ1) is 24.0. The van der Waals surface area contributed by atoms with Crippen LogP contribution in [0.1, 0.15) is 21.5 Å². The Morgan fingerprint density at radius 3 is 2.54 bits per heavy atom. The molecule has 0 spiro atoms. The van der Waals surface area contributed by atoms with Crippen LogP contribution in [0.2, 0.25) is 0 Å². The van der Waals surface area contributed by atoms with E-state index in [1.807, 2.05) is 36.4 Å². The number of H-pyrrole nitrogens is 1. The standard InChI is InChI=1S/C26H23N5O3.ClH/c1-27-22(11-15-7-9-18(32)10-8-15)26(34)29-17-12-19-23-20(14-28-31-25(19)33)24(30-21(23)13-17)16-5-3-2-4-6-16;/h2-10,12-14,22,27,30,32H,11H2,1H3,(H,29,34)(H,31,33);1H/t22-;/m1./s1. The molecule has 178 valence electrons. The van der Waals surface area contributed by atoms with Crippen molar-refractivity contribution >= 4 is 47.0 Å². The normalized spacial score (nSPS) is 13.0. The van der Waals surface area contributed by atoms with E-state index in [2.05, 4.69) is 26.1 Å². The van der Waals surface area contributed by atoms with Crippen LogP contribution in [0.15, 0.2) is 71.8 Å². The van der Waals surface area contributed by atoms with Gasteiger partial charge in [-0.05, 0) is 48.9 Å². The number of nitrogens with zero attached hydrogens (tertiary/aromatic N) is 1. The van der Waals surface area contributed by atoms with Crippen molar-refractivity contribution in [2.75, 3.05) is 12.4 Å². The molecule has 0 saturated carbocycles. The molecule has 1 atom stereocenters. The number of aromatic nitrogens is 1. The Bertz CT molecular complexity index is 1410. The van der Waals surface area contributed by atoms with Gasteiger partial charge in [0.05, 0.1) is 23.5 Å². The predicted molar refractivity (Wildman–Crippen MR) is 139 cm³/mol. The van der Waals surface area contributed by atoms with Crippen molar-refractivity contribution in [3.05, 3.63) is 83.4 Å². The minimum atomic E-state index is -0.504. The lowest BCUT2D eigenvalue weighted by Gasteiger charge is -2.17. The number of carbonyl (C=O) groups excluding carboxylic acids is 2. The zero-order valence-electron chi connectivity index (χ0n) is 18.8. The molecule has 5 N–H and O–H groups in total. The van der Waals surface area contributed by atoms with Gasteiger partial charge in [-0.2, -0.15) is 5.10 Å². The molecule has 5 rings (SSSR count). The second kappa shape index (κ2) is 10.0. The molecule has 35 heavy (non-hydrogen) atoms. The third kappa shape index (κ3) is 4.75. The van der Waals surface area contributed by atoms with Gasteiger partial charge in [-0.3, -0.25) is 9.59 Å². The van der Waals surface area contributed by atoms with E-state index < -0.39 is 6.04 Å². The summed E-state index contributed by atoms with van der Waals surface area (Å²) in [7, 11) is 1.72. The Hall–Kier alpha value is -4.14. The molecule has 1 aliphatic heterocycles. The van der Waals surface area contributed by atoms with Gasteiger partial charge in [0.25, 0.3) is 5.91 Å². The largest absolute Gasteiger partial charge is 0.508 e. The summed E-state index contributed by atoms with van der Waals surface area (Å²) in [4.78, 5) is 29.2. The molecule has 4 aromatic rings. The molecule has 9 heteroatoms. The number of carbonyl (C=O) groups is 2. The lowest BCUT2D eigenvalue weighted by Crippen LogP contribution is -2.40. The molecular formula is C26H24ClN5O3. The molecule has 0 radical (unpaired) electrons. The van der Waals surface area contributed by atoms with Crippen LogP contribution in [0.5, 0.6) is 5.75 Å². The summed E-state index contributed by atoms with van der Waals surface area (Å²) < 4.78 is 0. The van der Waals surface area contributed by atoms with Crippen LogP contribution in [0, 0.1) is 0 Å². The van der Waals surface area contributed by atoms with E-state index in [9.17, 15) is 14.7 Å². The van der Waals surface area contributed by atoms with E-state index >= 15 is 0 Å². The van der Waals surface area contributed by atoms with E-state index in [0.29, 0.717) is 17.7 Å². The smallest absolute Gasteiger partial charge is 0.272 e. The predicted octanol–water partition coefficient (Wildman–Crippen LogP) is 3.81. The lowest BCUT2D eigenvalue weighted by molar-refractivity contribution is -0.118. The van der Waals surface area contributed by atoms with E-state index in [0.717, 1.165) is 33.3 Å². The molecule has 1 aromatic heterocycles. The van der Waals surface area contributed by atoms with Gasteiger partial charge >= 0.3 is 0 Å². The number of halogens is 1. The summed E-state index contributed by atoms with van der Waals surface area (Å²) >= 11 is 0. The van der Waals surface area contributed by atoms with E-state index in [1.54, 1.807) is 43.6 Å². The molecule has 3 aromatic carbocycles. The minimum Gasteiger partial charge on any atom is -0.508 e. The Morgan fingerprint density at radius 2 is 1.83 bits per heavy atom. The van der Waals surface area contributed by atoms with Gasteiger partial charge in [0.15, 0.2) is 0 Å². The van der Waals surface area contributed by atoms with E-state index in [-0.39, 0.29) is 30.0 Å². The van der Waals surface area contributed by atoms with Crippen molar-refractivity contribution < 1.29 is 14.7 Å². The maximum atomic E-state index is 13.0. The summed E-state index contributed by atoms with van der Waals surface area (Å²) in [5.41, 5.74) is 7.74. The monoisotopic (exact) mass is 489 g/mol. The number of phenolic OH excluding ortho intramolecular Hbond substituents is 1. The average molecular weight is 490 g/mol. The number of amides is 2. The first-order chi connectivity index (χ1) is 16.5. The fourth-order valence-electron chi connectivity index (χ4n) is 4.21. The van der Waals surface area contributed by atoms with Crippen LogP contribution in [0.4, 0.5) is 5.69 Å². The molecule has 8 nitrogen and oxygen atoms in total. The summed E-state index contributed by atoms with van der Waals surface area (Å²) in [6.45, 7) is 0. The fraction of sp³-hybridized carbons (Fsp3) is 0.115. The molecule has 0 unspecified atom stereocenters. The Morgan fingerprint density at radius 1 is 1.09 bits per heavy atom. The number of benzene rings is 3. The second-order valence-corrected chi connectivity index (χ2v) is 8.13. The number of anilines is 1. The van der Waals surface area contributed by atoms with Gasteiger partial charge in [-0.15, -0.1) is 12.4 Å². The van der Waals surface area contributed by atoms with Gasteiger partial charge < -0.3 is 20.7 Å². The van der Waals surface area contributed by atoms with Crippen LogP contribution in [0.3, 0.4) is 0 Å². The maximum absolute atomic E-state index is 13.0. The molecule has 2 heterocycles. The maximum Gasteiger partial charge on any atom is 0.272 e. The molecule has 0 saturated heterocycles. The number of hydrazone groups is 1. The Labute approximate surface area is 207 Å². The number of rotatable bonds is 6. The number of aromatic amines is 1. The molecule has 0 bridgehead atoms. The number of phenols is 1. The average Bonchev–Trinajstić information content (AvgIpc) is 3.13. The van der Waals surface area contributed by atoms with Gasteiger partial charge in [0, 0.05) is 22.2 Å². The van der Waals surface area contributed by atoms with E-state index in [4.69, 9.17) is 0 Å². The second-order valence-electron chi connectivity index (χ2n) is 8.13. The highest BCUT2D eigenvalue weighted by Gasteiger charge is 2.23. The SMILES string of the molecule is CN[C@H](Cc1ccc(O)cc1)C(=O)Nc1cc2c3c(c(-c4ccccc4)[nH]c3c1)C=NNC2=O.Cl. The molecule has 0 aliphatic carbocycles. The van der Waals surface area contributed by atoms with Crippen molar-refractivity contribution in [3.8, 4) is 17.0 Å². The summed E-state index contributed by atoms with van der Waals surface area (Å²) in [6.07, 6.45) is 2.08. The molecule has 2 amide bonds. The lowest BCUT2D eigenvalue weighted by atomic mass is 10.0. The Kier molecular flexibility index (Phi) is 6.86. The first-order valence-corrected chi connectivity index (χ1v) is 10.9. The van der Waals surface area contributed by atoms with Crippen LogP contribution >= 0.6 is 12.4 Å². The number of hydrogen-bond acceptors (Lipinski definition) is 5. The Balaban J connectivity index is 0.00000289. The molecule has 1 aliphatic rings. The zero-order chi connectivity index (χ0) is 23.7. The number of likely N-dealkylation sites (N-methyl/N-ethyl adjacent to an activating group) is 1. The number of aromatic hydroxyl groups is 1. The third-order valence-electron chi connectivity index (χ3n) is 5.91. The van der Waals surface area contributed by atoms with Crippen molar-refractivity contribution in [2.24, 2.45) is 5.10 Å². The minimum absolute atomic E-state index is 0. The van der Waals surface area contributed by atoms with Gasteiger partial charge in [0.2, 0.25) is 5.91 Å². The highest BCUT2D eigenvalue weighted by Crippen LogP contribution is 2.34. The van der Waals surface area contributed by atoms with Crippen LogP contribution in [-0.2, 0) is 11.2 Å². The van der Waals surface area contributed by atoms with Crippen molar-refractivity contribution in [1.82, 2.24) is 15.7 Å². The summed E-state index contributed by atoms with van der Waals surface area (Å²) in [5.74, 6) is -0.402. The zero-order valence-corrected chi connectivity index (χ0v) is 19.6. The highest BCUT2D eigenvalue weighted by molar-refractivity contribution is 6.18. The van der Waals surface area contributed by atoms with Crippen LogP contribution in [-0.4, -0.2) is 41.2 Å². The number of hydrogen-bond donors (Lipinski definition) is 5. The highest BCUT2D eigenvalue weighted by atomic mass is 35.5. The van der Waals surface area contributed by atoms with Crippen molar-refractivity contribution in [3.63, 3.8) is 0 Å². The molecule has 0 fully saturated rings. The van der Waals surface area contributed by atoms with Crippen molar-refractivity contribution in [2.45, 2.75) is 12.5 Å². The number of nitrogens with one attached hydrogen (secondary N) is 4. The van der Waals surface area contributed by atoms with E-state index in [1.165, 1.54) is 0 Å². The van der Waals surface area contributed by atoms with Crippen LogP contribution in [0.25, 0.3) is 22.2 Å². The molecular weight excluding hydrogens is 466 g/mol. The van der Waals surface area contributed by atoms with Gasteiger partial charge in [0.1, 0.15) is 5.75 Å².